The maximum absolute atomic E-state index is 5.82. The molecule has 0 spiro atoms. The number of methoxy groups -OCH3 is 1. The fourth-order valence-electron chi connectivity index (χ4n) is 1.68. The van der Waals surface area contributed by atoms with Crippen LogP contribution in [-0.2, 0) is 0 Å². The summed E-state index contributed by atoms with van der Waals surface area (Å²) in [6.45, 7) is 0. The standard InChI is InChI=1S/C13H10O2S/c1-14-10-6-4-7-11-13(10)16-12-8-3-2-5-9(12)15-11/h2-8H,1H3. The van der Waals surface area contributed by atoms with Gasteiger partial charge in [-0.2, -0.15) is 0 Å². The van der Waals surface area contributed by atoms with E-state index in [2.05, 4.69) is 6.07 Å². The van der Waals surface area contributed by atoms with E-state index in [1.807, 2.05) is 36.4 Å². The summed E-state index contributed by atoms with van der Waals surface area (Å²) in [7, 11) is 1.68. The molecule has 3 heteroatoms. The van der Waals surface area contributed by atoms with Crippen molar-refractivity contribution in [2.24, 2.45) is 0 Å². The van der Waals surface area contributed by atoms with Gasteiger partial charge in [0.15, 0.2) is 0 Å². The third-order valence-corrected chi connectivity index (χ3v) is 3.61. The van der Waals surface area contributed by atoms with Crippen LogP contribution in [0, 0.1) is 0 Å². The monoisotopic (exact) mass is 230 g/mol. The first-order valence-corrected chi connectivity index (χ1v) is 5.82. The first kappa shape index (κ1) is 9.60. The average molecular weight is 230 g/mol. The molecule has 0 saturated heterocycles. The molecular weight excluding hydrogens is 220 g/mol. The summed E-state index contributed by atoms with van der Waals surface area (Å²) in [6.07, 6.45) is 0. The Bertz CT molecular complexity index is 537. The molecule has 0 bridgehead atoms. The van der Waals surface area contributed by atoms with Gasteiger partial charge in [-0.05, 0) is 24.3 Å². The summed E-state index contributed by atoms with van der Waals surface area (Å²) in [4.78, 5) is 2.17. The van der Waals surface area contributed by atoms with Gasteiger partial charge < -0.3 is 9.47 Å². The molecule has 0 radical (unpaired) electrons. The highest BCUT2D eigenvalue weighted by atomic mass is 32.2. The number of hydrogen-bond donors (Lipinski definition) is 0. The molecule has 0 aromatic heterocycles. The van der Waals surface area contributed by atoms with Gasteiger partial charge in [0.25, 0.3) is 0 Å². The van der Waals surface area contributed by atoms with Crippen molar-refractivity contribution in [1.29, 1.82) is 0 Å². The third kappa shape index (κ3) is 1.44. The molecule has 3 rings (SSSR count). The molecule has 2 aromatic carbocycles. The van der Waals surface area contributed by atoms with Gasteiger partial charge in [0, 0.05) is 0 Å². The molecule has 0 fully saturated rings. The van der Waals surface area contributed by atoms with Gasteiger partial charge in [0.2, 0.25) is 0 Å². The van der Waals surface area contributed by atoms with E-state index < -0.39 is 0 Å². The van der Waals surface area contributed by atoms with Gasteiger partial charge in [-0.15, -0.1) is 0 Å². The van der Waals surface area contributed by atoms with Gasteiger partial charge in [0.1, 0.15) is 17.2 Å². The minimum Gasteiger partial charge on any atom is -0.495 e. The van der Waals surface area contributed by atoms with E-state index in [1.165, 1.54) is 0 Å². The largest absolute Gasteiger partial charge is 0.495 e. The van der Waals surface area contributed by atoms with Crippen LogP contribution in [0.1, 0.15) is 0 Å². The Morgan fingerprint density at radius 2 is 1.81 bits per heavy atom. The molecule has 2 aromatic rings. The Labute approximate surface area is 98.2 Å². The third-order valence-electron chi connectivity index (χ3n) is 2.44. The van der Waals surface area contributed by atoms with E-state index in [0.717, 1.165) is 27.0 Å². The molecule has 16 heavy (non-hydrogen) atoms. The highest BCUT2D eigenvalue weighted by molar-refractivity contribution is 7.99. The molecule has 0 aliphatic carbocycles. The molecule has 1 aliphatic heterocycles. The van der Waals surface area contributed by atoms with Crippen LogP contribution in [0.4, 0.5) is 0 Å². The van der Waals surface area contributed by atoms with Gasteiger partial charge >= 0.3 is 0 Å². The van der Waals surface area contributed by atoms with Crippen LogP contribution in [0.25, 0.3) is 0 Å². The number of ether oxygens (including phenoxy) is 2. The van der Waals surface area contributed by atoms with Gasteiger partial charge in [0.05, 0.1) is 16.9 Å². The van der Waals surface area contributed by atoms with E-state index in [0.29, 0.717) is 0 Å². The Morgan fingerprint density at radius 1 is 1.00 bits per heavy atom. The van der Waals surface area contributed by atoms with Crippen molar-refractivity contribution in [3.8, 4) is 17.2 Å². The van der Waals surface area contributed by atoms with Crippen LogP contribution < -0.4 is 9.47 Å². The van der Waals surface area contributed by atoms with Crippen molar-refractivity contribution in [3.05, 3.63) is 42.5 Å². The van der Waals surface area contributed by atoms with Crippen LogP contribution >= 0.6 is 11.8 Å². The number of benzene rings is 2. The lowest BCUT2D eigenvalue weighted by atomic mass is 10.3. The van der Waals surface area contributed by atoms with E-state index in [1.54, 1.807) is 18.9 Å². The lowest BCUT2D eigenvalue weighted by Crippen LogP contribution is -1.96. The molecule has 0 saturated carbocycles. The molecule has 1 aliphatic rings. The molecule has 1 heterocycles. The second kappa shape index (κ2) is 3.76. The van der Waals surface area contributed by atoms with Crippen LogP contribution in [0.3, 0.4) is 0 Å². The lowest BCUT2D eigenvalue weighted by molar-refractivity contribution is 0.390. The number of rotatable bonds is 1. The number of hydrogen-bond acceptors (Lipinski definition) is 3. The zero-order chi connectivity index (χ0) is 11.0. The second-order valence-electron chi connectivity index (χ2n) is 3.44. The maximum Gasteiger partial charge on any atom is 0.145 e. The van der Waals surface area contributed by atoms with E-state index in [-0.39, 0.29) is 0 Å². The van der Waals surface area contributed by atoms with Crippen molar-refractivity contribution in [3.63, 3.8) is 0 Å². The Balaban J connectivity index is 2.12. The lowest BCUT2D eigenvalue weighted by Gasteiger charge is -2.20. The molecule has 0 amide bonds. The average Bonchev–Trinajstić information content (AvgIpc) is 2.35. The predicted octanol–water partition coefficient (Wildman–Crippen LogP) is 3.95. The fraction of sp³-hybridized carbons (Fsp3) is 0.0769. The maximum atomic E-state index is 5.82. The smallest absolute Gasteiger partial charge is 0.145 e. The topological polar surface area (TPSA) is 18.5 Å². The van der Waals surface area contributed by atoms with Crippen molar-refractivity contribution < 1.29 is 9.47 Å². The summed E-state index contributed by atoms with van der Waals surface area (Å²) in [5.74, 6) is 2.63. The molecule has 2 nitrogen and oxygen atoms in total. The van der Waals surface area contributed by atoms with Crippen LogP contribution in [-0.4, -0.2) is 7.11 Å². The minimum atomic E-state index is 0.858. The Kier molecular flexibility index (Phi) is 2.26. The van der Waals surface area contributed by atoms with Crippen molar-refractivity contribution in [2.45, 2.75) is 9.79 Å². The van der Waals surface area contributed by atoms with Gasteiger partial charge in [-0.25, -0.2) is 0 Å². The fourth-order valence-corrected chi connectivity index (χ4v) is 2.72. The van der Waals surface area contributed by atoms with Crippen molar-refractivity contribution in [2.75, 3.05) is 7.11 Å². The Hall–Kier alpha value is -1.61. The number of para-hydroxylation sites is 1. The second-order valence-corrected chi connectivity index (χ2v) is 4.49. The van der Waals surface area contributed by atoms with Gasteiger partial charge in [-0.3, -0.25) is 0 Å². The molecule has 0 N–H and O–H groups in total. The van der Waals surface area contributed by atoms with Crippen LogP contribution in [0.15, 0.2) is 52.3 Å². The molecule has 80 valence electrons. The highest BCUT2D eigenvalue weighted by Gasteiger charge is 2.20. The summed E-state index contributed by atoms with van der Waals surface area (Å²) in [6, 6.07) is 13.9. The first-order chi connectivity index (χ1) is 7.88. The quantitative estimate of drug-likeness (QED) is 0.630. The SMILES string of the molecule is COc1cccc2c1Sc1ccccc1O2. The molecular formula is C13H10O2S. The summed E-state index contributed by atoms with van der Waals surface area (Å²) >= 11 is 1.68. The van der Waals surface area contributed by atoms with E-state index in [4.69, 9.17) is 9.47 Å². The summed E-state index contributed by atoms with van der Waals surface area (Å²) < 4.78 is 11.1. The Morgan fingerprint density at radius 3 is 2.69 bits per heavy atom. The van der Waals surface area contributed by atoms with E-state index in [9.17, 15) is 0 Å². The normalized spacial score (nSPS) is 12.3. The zero-order valence-corrected chi connectivity index (χ0v) is 9.58. The van der Waals surface area contributed by atoms with Crippen LogP contribution in [0.5, 0.6) is 17.2 Å². The first-order valence-electron chi connectivity index (χ1n) is 5.00. The predicted molar refractivity (Wildman–Crippen MR) is 63.6 cm³/mol. The van der Waals surface area contributed by atoms with Crippen molar-refractivity contribution in [1.82, 2.24) is 0 Å². The van der Waals surface area contributed by atoms with Crippen molar-refractivity contribution >= 4 is 11.8 Å². The van der Waals surface area contributed by atoms with E-state index >= 15 is 0 Å². The highest BCUT2D eigenvalue weighted by Crippen LogP contribution is 2.50. The van der Waals surface area contributed by atoms with Gasteiger partial charge in [-0.1, -0.05) is 30.0 Å². The number of fused-ring (bicyclic) bond motifs is 2. The zero-order valence-electron chi connectivity index (χ0n) is 8.77. The summed E-state index contributed by atoms with van der Waals surface area (Å²) in [5.41, 5.74) is 0. The minimum absolute atomic E-state index is 0.858. The van der Waals surface area contributed by atoms with Crippen LogP contribution in [0.2, 0.25) is 0 Å². The molecule has 0 atom stereocenters. The summed E-state index contributed by atoms with van der Waals surface area (Å²) in [5, 5.41) is 0. The molecule has 0 unspecified atom stereocenters.